The molecule has 0 heterocycles. The molecule has 2 nitrogen and oxygen atoms in total. The summed E-state index contributed by atoms with van der Waals surface area (Å²) in [5.74, 6) is 3.21. The van der Waals surface area contributed by atoms with E-state index in [0.717, 1.165) is 5.75 Å². The Morgan fingerprint density at radius 2 is 1.45 bits per heavy atom. The largest absolute Gasteiger partial charge is 0.465 e. The zero-order valence-electron chi connectivity index (χ0n) is 15.4. The first kappa shape index (κ1) is 19.0. The van der Waals surface area contributed by atoms with E-state index < -0.39 is 0 Å². The monoisotopic (exact) mass is 306 g/mol. The molecular weight excluding hydrogens is 272 g/mol. The minimum atomic E-state index is -0.174. The lowest BCUT2D eigenvalue weighted by Crippen LogP contribution is -2.26. The fraction of sp³-hybridized carbons (Fsp3) is 0.700. The molecule has 22 heavy (non-hydrogen) atoms. The van der Waals surface area contributed by atoms with E-state index in [0.29, 0.717) is 30.3 Å². The minimum Gasteiger partial charge on any atom is -0.465 e. The minimum absolute atomic E-state index is 0.174. The predicted molar refractivity (Wildman–Crippen MR) is 94.4 cm³/mol. The first-order valence-corrected chi connectivity index (χ1v) is 8.73. The number of benzene rings is 1. The molecule has 2 atom stereocenters. The highest BCUT2D eigenvalue weighted by molar-refractivity contribution is 5.30. The summed E-state index contributed by atoms with van der Waals surface area (Å²) in [6, 6.07) is 8.59. The Morgan fingerprint density at radius 1 is 0.864 bits per heavy atom. The fourth-order valence-electron chi connectivity index (χ4n) is 2.76. The van der Waals surface area contributed by atoms with E-state index in [4.69, 9.17) is 9.47 Å². The van der Waals surface area contributed by atoms with Gasteiger partial charge in [-0.2, -0.15) is 0 Å². The topological polar surface area (TPSA) is 18.5 Å². The first-order valence-electron chi connectivity index (χ1n) is 8.73. The molecule has 1 rings (SSSR count). The molecule has 0 spiro atoms. The Kier molecular flexibility index (Phi) is 7.95. The molecule has 0 aliphatic heterocycles. The van der Waals surface area contributed by atoms with Crippen molar-refractivity contribution in [3.05, 3.63) is 29.8 Å². The van der Waals surface area contributed by atoms with Gasteiger partial charge in [-0.05, 0) is 48.8 Å². The molecule has 0 radical (unpaired) electrons. The van der Waals surface area contributed by atoms with Gasteiger partial charge in [0.05, 0.1) is 0 Å². The van der Waals surface area contributed by atoms with E-state index >= 15 is 0 Å². The SMILES string of the molecule is CCOC(Oc1ccc(C(CC(C)C)C(C)C)cc1)C(C)C. The number of hydrogen-bond donors (Lipinski definition) is 0. The summed E-state index contributed by atoms with van der Waals surface area (Å²) >= 11 is 0. The van der Waals surface area contributed by atoms with Crippen molar-refractivity contribution in [3.63, 3.8) is 0 Å². The third kappa shape index (κ3) is 6.00. The molecule has 0 fully saturated rings. The summed E-state index contributed by atoms with van der Waals surface area (Å²) < 4.78 is 11.6. The van der Waals surface area contributed by atoms with Gasteiger partial charge in [0, 0.05) is 12.5 Å². The predicted octanol–water partition coefficient (Wildman–Crippen LogP) is 5.87. The standard InChI is InChI=1S/C20H34O2/c1-8-21-20(16(6)7)22-18-11-9-17(10-12-18)19(15(4)5)13-14(2)3/h9-12,14-16,19-20H,8,13H2,1-7H3. The third-order valence-electron chi connectivity index (χ3n) is 3.97. The summed E-state index contributed by atoms with van der Waals surface area (Å²) in [6.07, 6.45) is 1.05. The zero-order valence-corrected chi connectivity index (χ0v) is 15.4. The second-order valence-electron chi connectivity index (χ2n) is 7.23. The number of rotatable bonds is 9. The maximum absolute atomic E-state index is 5.97. The van der Waals surface area contributed by atoms with Crippen LogP contribution in [0.3, 0.4) is 0 Å². The van der Waals surface area contributed by atoms with Gasteiger partial charge in [-0.15, -0.1) is 0 Å². The zero-order chi connectivity index (χ0) is 16.7. The summed E-state index contributed by atoms with van der Waals surface area (Å²) in [5, 5.41) is 0. The molecule has 0 amide bonds. The Labute approximate surface area is 137 Å². The van der Waals surface area contributed by atoms with Crippen LogP contribution in [-0.4, -0.2) is 12.9 Å². The Hall–Kier alpha value is -1.02. The van der Waals surface area contributed by atoms with Gasteiger partial charge in [0.15, 0.2) is 0 Å². The van der Waals surface area contributed by atoms with Crippen molar-refractivity contribution in [2.24, 2.45) is 17.8 Å². The van der Waals surface area contributed by atoms with Crippen molar-refractivity contribution in [1.82, 2.24) is 0 Å². The molecule has 0 bridgehead atoms. The summed E-state index contributed by atoms with van der Waals surface area (Å²) in [6.45, 7) is 16.1. The van der Waals surface area contributed by atoms with Crippen molar-refractivity contribution < 1.29 is 9.47 Å². The van der Waals surface area contributed by atoms with E-state index in [9.17, 15) is 0 Å². The fourth-order valence-corrected chi connectivity index (χ4v) is 2.76. The molecule has 0 saturated heterocycles. The smallest absolute Gasteiger partial charge is 0.202 e. The van der Waals surface area contributed by atoms with Crippen LogP contribution < -0.4 is 4.74 Å². The Morgan fingerprint density at radius 3 is 1.86 bits per heavy atom. The molecule has 0 aliphatic rings. The molecule has 0 saturated carbocycles. The van der Waals surface area contributed by atoms with Gasteiger partial charge >= 0.3 is 0 Å². The lowest BCUT2D eigenvalue weighted by molar-refractivity contribution is -0.103. The Bertz CT molecular complexity index is 406. The van der Waals surface area contributed by atoms with Crippen LogP contribution in [0, 0.1) is 17.8 Å². The second-order valence-corrected chi connectivity index (χ2v) is 7.23. The normalized spacial score (nSPS) is 14.6. The summed E-state index contributed by atoms with van der Waals surface area (Å²) in [4.78, 5) is 0. The molecule has 1 aromatic rings. The molecule has 2 unspecified atom stereocenters. The molecule has 1 aromatic carbocycles. The average molecular weight is 306 g/mol. The van der Waals surface area contributed by atoms with Gasteiger partial charge in [0.25, 0.3) is 0 Å². The van der Waals surface area contributed by atoms with Gasteiger partial charge in [0.1, 0.15) is 5.75 Å². The van der Waals surface area contributed by atoms with Crippen LogP contribution in [0.2, 0.25) is 0 Å². The average Bonchev–Trinajstić information content (AvgIpc) is 2.44. The molecule has 0 aromatic heterocycles. The van der Waals surface area contributed by atoms with E-state index in [1.807, 2.05) is 6.92 Å². The van der Waals surface area contributed by atoms with Crippen LogP contribution in [0.15, 0.2) is 24.3 Å². The second kappa shape index (κ2) is 9.19. The lowest BCUT2D eigenvalue weighted by Gasteiger charge is -2.25. The van der Waals surface area contributed by atoms with E-state index in [1.165, 1.54) is 12.0 Å². The van der Waals surface area contributed by atoms with Gasteiger partial charge in [-0.1, -0.05) is 53.7 Å². The Balaban J connectivity index is 2.79. The highest BCUT2D eigenvalue weighted by Crippen LogP contribution is 2.32. The molecule has 126 valence electrons. The van der Waals surface area contributed by atoms with Gasteiger partial charge in [-0.3, -0.25) is 0 Å². The van der Waals surface area contributed by atoms with Crippen molar-refractivity contribution in [3.8, 4) is 5.75 Å². The molecule has 2 heteroatoms. The number of hydrogen-bond acceptors (Lipinski definition) is 2. The highest BCUT2D eigenvalue weighted by atomic mass is 16.7. The van der Waals surface area contributed by atoms with Crippen LogP contribution >= 0.6 is 0 Å². The molecule has 0 N–H and O–H groups in total. The van der Waals surface area contributed by atoms with Crippen LogP contribution in [0.1, 0.15) is 66.4 Å². The van der Waals surface area contributed by atoms with Crippen LogP contribution in [0.5, 0.6) is 5.75 Å². The third-order valence-corrected chi connectivity index (χ3v) is 3.97. The van der Waals surface area contributed by atoms with E-state index in [2.05, 4.69) is 65.8 Å². The summed E-state index contributed by atoms with van der Waals surface area (Å²) in [7, 11) is 0. The van der Waals surface area contributed by atoms with Crippen LogP contribution in [0.25, 0.3) is 0 Å². The van der Waals surface area contributed by atoms with Crippen molar-refractivity contribution in [2.45, 2.75) is 67.1 Å². The highest BCUT2D eigenvalue weighted by Gasteiger charge is 2.18. The van der Waals surface area contributed by atoms with Gasteiger partial charge < -0.3 is 9.47 Å². The lowest BCUT2D eigenvalue weighted by atomic mass is 9.82. The van der Waals surface area contributed by atoms with Crippen molar-refractivity contribution >= 4 is 0 Å². The van der Waals surface area contributed by atoms with Crippen LogP contribution in [0.4, 0.5) is 0 Å². The number of ether oxygens (including phenoxy) is 2. The molecule has 0 aliphatic carbocycles. The molecular formula is C20H34O2. The quantitative estimate of drug-likeness (QED) is 0.531. The summed E-state index contributed by atoms with van der Waals surface area (Å²) in [5.41, 5.74) is 1.41. The maximum Gasteiger partial charge on any atom is 0.202 e. The van der Waals surface area contributed by atoms with Gasteiger partial charge in [0.2, 0.25) is 6.29 Å². The van der Waals surface area contributed by atoms with E-state index in [1.54, 1.807) is 0 Å². The first-order chi connectivity index (χ1) is 10.3. The van der Waals surface area contributed by atoms with E-state index in [-0.39, 0.29) is 6.29 Å². The van der Waals surface area contributed by atoms with Gasteiger partial charge in [-0.25, -0.2) is 0 Å². The van der Waals surface area contributed by atoms with Crippen LogP contribution in [-0.2, 0) is 4.74 Å². The van der Waals surface area contributed by atoms with Crippen molar-refractivity contribution in [2.75, 3.05) is 6.61 Å². The van der Waals surface area contributed by atoms with Crippen molar-refractivity contribution in [1.29, 1.82) is 0 Å². The maximum atomic E-state index is 5.97.